The second kappa shape index (κ2) is 7.76. The van der Waals surface area contributed by atoms with E-state index in [-0.39, 0.29) is 6.04 Å². The summed E-state index contributed by atoms with van der Waals surface area (Å²) >= 11 is 5.22. The van der Waals surface area contributed by atoms with Crippen molar-refractivity contribution in [3.63, 3.8) is 0 Å². The molecule has 1 aromatic heterocycles. The molecule has 3 nitrogen and oxygen atoms in total. The summed E-state index contributed by atoms with van der Waals surface area (Å²) in [6.07, 6.45) is 3.96. The molecule has 2 aromatic rings. The van der Waals surface area contributed by atoms with E-state index in [9.17, 15) is 0 Å². The van der Waals surface area contributed by atoms with Crippen LogP contribution < -0.4 is 10.1 Å². The predicted octanol–water partition coefficient (Wildman–Crippen LogP) is 4.20. The summed E-state index contributed by atoms with van der Waals surface area (Å²) in [5.74, 6) is 0.931. The summed E-state index contributed by atoms with van der Waals surface area (Å²) in [6.45, 7) is 3.18. The Bertz CT molecular complexity index is 531. The highest BCUT2D eigenvalue weighted by Gasteiger charge is 2.16. The average molecular weight is 355 g/mol. The molecule has 1 heterocycles. The number of nitrogens with one attached hydrogen (secondary N) is 1. The van der Waals surface area contributed by atoms with Crippen molar-refractivity contribution in [3.8, 4) is 5.75 Å². The van der Waals surface area contributed by atoms with Crippen LogP contribution in [-0.2, 0) is 6.42 Å². The Morgan fingerprint density at radius 1 is 1.45 bits per heavy atom. The summed E-state index contributed by atoms with van der Waals surface area (Å²) in [4.78, 5) is 5.46. The molecule has 0 aliphatic heterocycles. The van der Waals surface area contributed by atoms with E-state index in [1.54, 1.807) is 18.4 Å². The van der Waals surface area contributed by atoms with Crippen molar-refractivity contribution in [1.29, 1.82) is 0 Å². The van der Waals surface area contributed by atoms with Crippen LogP contribution in [0.25, 0.3) is 0 Å². The third-order valence-corrected chi connectivity index (χ3v) is 4.48. The van der Waals surface area contributed by atoms with Crippen LogP contribution in [0.5, 0.6) is 5.75 Å². The standard InChI is InChI=1S/C15H19BrN2OS/c1-3-6-18-13(15-9-17-10-20-15)8-11-7-12(16)4-5-14(11)19-2/h4-5,7,9-10,13,18H,3,6,8H2,1-2H3. The molecule has 1 atom stereocenters. The van der Waals surface area contributed by atoms with Gasteiger partial charge in [0.2, 0.25) is 0 Å². The summed E-state index contributed by atoms with van der Waals surface area (Å²) in [6, 6.07) is 6.41. The molecule has 0 radical (unpaired) electrons. The van der Waals surface area contributed by atoms with E-state index in [2.05, 4.69) is 39.2 Å². The molecule has 108 valence electrons. The minimum atomic E-state index is 0.283. The number of benzene rings is 1. The van der Waals surface area contributed by atoms with Crippen LogP contribution in [0.15, 0.2) is 34.4 Å². The second-order valence-electron chi connectivity index (χ2n) is 4.57. The van der Waals surface area contributed by atoms with Gasteiger partial charge in [-0.25, -0.2) is 0 Å². The SMILES string of the molecule is CCCNC(Cc1cc(Br)ccc1OC)c1cncs1. The van der Waals surface area contributed by atoms with Crippen LogP contribution in [0.4, 0.5) is 0 Å². The second-order valence-corrected chi connectivity index (χ2v) is 6.40. The zero-order valence-corrected chi connectivity index (χ0v) is 14.1. The first-order valence-electron chi connectivity index (χ1n) is 6.68. The molecule has 0 spiro atoms. The monoisotopic (exact) mass is 354 g/mol. The Labute approximate surface area is 132 Å². The van der Waals surface area contributed by atoms with Gasteiger partial charge in [-0.05, 0) is 43.1 Å². The lowest BCUT2D eigenvalue weighted by atomic mass is 10.0. The third kappa shape index (κ3) is 4.04. The maximum atomic E-state index is 5.46. The Balaban J connectivity index is 2.21. The summed E-state index contributed by atoms with van der Waals surface area (Å²) in [7, 11) is 1.72. The van der Waals surface area contributed by atoms with Gasteiger partial charge in [-0.2, -0.15) is 0 Å². The minimum Gasteiger partial charge on any atom is -0.496 e. The maximum absolute atomic E-state index is 5.46. The molecular weight excluding hydrogens is 336 g/mol. The molecule has 1 N–H and O–H groups in total. The fourth-order valence-electron chi connectivity index (χ4n) is 2.12. The molecule has 0 aliphatic rings. The first-order valence-corrected chi connectivity index (χ1v) is 8.36. The van der Waals surface area contributed by atoms with Crippen LogP contribution in [0.2, 0.25) is 0 Å². The van der Waals surface area contributed by atoms with Crippen molar-refractivity contribution in [1.82, 2.24) is 10.3 Å². The van der Waals surface area contributed by atoms with Gasteiger partial charge < -0.3 is 10.1 Å². The molecule has 1 unspecified atom stereocenters. The first-order chi connectivity index (χ1) is 9.74. The van der Waals surface area contributed by atoms with Gasteiger partial charge in [-0.1, -0.05) is 22.9 Å². The van der Waals surface area contributed by atoms with Crippen molar-refractivity contribution in [2.45, 2.75) is 25.8 Å². The summed E-state index contributed by atoms with van der Waals surface area (Å²) in [5, 5.41) is 3.59. The topological polar surface area (TPSA) is 34.1 Å². The molecule has 2 rings (SSSR count). The van der Waals surface area contributed by atoms with Crippen LogP contribution >= 0.6 is 27.3 Å². The number of halogens is 1. The normalized spacial score (nSPS) is 12.3. The largest absolute Gasteiger partial charge is 0.496 e. The molecule has 0 saturated heterocycles. The van der Waals surface area contributed by atoms with Crippen molar-refractivity contribution in [2.24, 2.45) is 0 Å². The Kier molecular flexibility index (Phi) is 6.01. The fourth-order valence-corrected chi connectivity index (χ4v) is 3.22. The Morgan fingerprint density at radius 3 is 2.95 bits per heavy atom. The number of aromatic nitrogens is 1. The Hall–Kier alpha value is -0.910. The number of hydrogen-bond donors (Lipinski definition) is 1. The summed E-state index contributed by atoms with van der Waals surface area (Å²) < 4.78 is 6.54. The van der Waals surface area contributed by atoms with Crippen molar-refractivity contribution >= 4 is 27.3 Å². The van der Waals surface area contributed by atoms with Gasteiger partial charge in [0.1, 0.15) is 5.75 Å². The van der Waals surface area contributed by atoms with Gasteiger partial charge in [-0.15, -0.1) is 11.3 Å². The molecule has 0 fully saturated rings. The smallest absolute Gasteiger partial charge is 0.122 e. The van der Waals surface area contributed by atoms with Gasteiger partial charge in [0, 0.05) is 21.6 Å². The van der Waals surface area contributed by atoms with Crippen LogP contribution in [-0.4, -0.2) is 18.6 Å². The van der Waals surface area contributed by atoms with E-state index in [0.29, 0.717) is 0 Å². The van der Waals surface area contributed by atoms with Gasteiger partial charge >= 0.3 is 0 Å². The molecule has 0 bridgehead atoms. The fraction of sp³-hybridized carbons (Fsp3) is 0.400. The lowest BCUT2D eigenvalue weighted by Crippen LogP contribution is -2.23. The van der Waals surface area contributed by atoms with E-state index in [4.69, 9.17) is 4.74 Å². The highest BCUT2D eigenvalue weighted by atomic mass is 79.9. The number of hydrogen-bond acceptors (Lipinski definition) is 4. The molecule has 5 heteroatoms. The number of methoxy groups -OCH3 is 1. The maximum Gasteiger partial charge on any atom is 0.122 e. The van der Waals surface area contributed by atoms with Crippen LogP contribution in [0.3, 0.4) is 0 Å². The quantitative estimate of drug-likeness (QED) is 0.808. The average Bonchev–Trinajstić information content (AvgIpc) is 2.97. The number of thiazole rings is 1. The van der Waals surface area contributed by atoms with Gasteiger partial charge in [0.15, 0.2) is 0 Å². The molecule has 0 aliphatic carbocycles. The minimum absolute atomic E-state index is 0.283. The van der Waals surface area contributed by atoms with E-state index in [0.717, 1.165) is 29.6 Å². The van der Waals surface area contributed by atoms with Crippen LogP contribution in [0, 0.1) is 0 Å². The molecule has 1 aromatic carbocycles. The van der Waals surface area contributed by atoms with E-state index >= 15 is 0 Å². The number of ether oxygens (including phenoxy) is 1. The predicted molar refractivity (Wildman–Crippen MR) is 87.5 cm³/mol. The van der Waals surface area contributed by atoms with Gasteiger partial charge in [0.25, 0.3) is 0 Å². The van der Waals surface area contributed by atoms with E-state index < -0.39 is 0 Å². The number of nitrogens with zero attached hydrogens (tertiary/aromatic N) is 1. The third-order valence-electron chi connectivity index (χ3n) is 3.10. The van der Waals surface area contributed by atoms with Crippen molar-refractivity contribution in [2.75, 3.05) is 13.7 Å². The Morgan fingerprint density at radius 2 is 2.30 bits per heavy atom. The highest BCUT2D eigenvalue weighted by molar-refractivity contribution is 9.10. The highest BCUT2D eigenvalue weighted by Crippen LogP contribution is 2.29. The van der Waals surface area contributed by atoms with Gasteiger partial charge in [-0.3, -0.25) is 4.98 Å². The molecule has 20 heavy (non-hydrogen) atoms. The first kappa shape index (κ1) is 15.5. The lowest BCUT2D eigenvalue weighted by molar-refractivity contribution is 0.405. The summed E-state index contributed by atoms with van der Waals surface area (Å²) in [5.41, 5.74) is 3.08. The zero-order valence-electron chi connectivity index (χ0n) is 11.7. The number of rotatable bonds is 7. The molecule has 0 saturated carbocycles. The lowest BCUT2D eigenvalue weighted by Gasteiger charge is -2.18. The zero-order chi connectivity index (χ0) is 14.4. The van der Waals surface area contributed by atoms with E-state index in [1.807, 2.05) is 23.8 Å². The van der Waals surface area contributed by atoms with Crippen molar-refractivity contribution < 1.29 is 4.74 Å². The van der Waals surface area contributed by atoms with Gasteiger partial charge in [0.05, 0.1) is 12.6 Å². The van der Waals surface area contributed by atoms with Crippen molar-refractivity contribution in [3.05, 3.63) is 44.8 Å². The van der Waals surface area contributed by atoms with Crippen LogP contribution in [0.1, 0.15) is 29.8 Å². The van der Waals surface area contributed by atoms with E-state index in [1.165, 1.54) is 10.4 Å². The molecular formula is C15H19BrN2OS. The molecule has 0 amide bonds.